The van der Waals surface area contributed by atoms with Gasteiger partial charge in [-0.1, -0.05) is 13.3 Å². The fourth-order valence-corrected chi connectivity index (χ4v) is 0.645. The minimum absolute atomic E-state index is 0.782. The molecule has 3 heteroatoms. The highest BCUT2D eigenvalue weighted by molar-refractivity contribution is 6.61. The van der Waals surface area contributed by atoms with Crippen LogP contribution in [0.5, 0.6) is 0 Å². The molecule has 0 aromatic heterocycles. The molecule has 0 atom stereocenters. The average molecular weight is 163 g/mol. The van der Waals surface area contributed by atoms with Crippen LogP contribution in [-0.4, -0.2) is 5.43 Å². The van der Waals surface area contributed by atoms with Crippen molar-refractivity contribution in [1.82, 2.24) is 0 Å². The molecule has 58 valence electrons. The van der Waals surface area contributed by atoms with Gasteiger partial charge in [0, 0.05) is 11.6 Å². The quantitative estimate of drug-likeness (QED) is 0.471. The molecular formula is C7H11ClO2. The minimum Gasteiger partial charge on any atom is -0.423 e. The fourth-order valence-electron chi connectivity index (χ4n) is 0.600. The van der Waals surface area contributed by atoms with Gasteiger partial charge in [0.25, 0.3) is 0 Å². The van der Waals surface area contributed by atoms with Crippen LogP contribution >= 0.6 is 11.6 Å². The van der Waals surface area contributed by atoms with E-state index in [1.54, 1.807) is 0 Å². The van der Waals surface area contributed by atoms with E-state index in [1.807, 2.05) is 6.92 Å². The standard InChI is InChI=1S/C7H11ClO2/c1-3-4-6(2)5-10-7(8)9/h5H,3-4H2,1-2H3. The van der Waals surface area contributed by atoms with Crippen molar-refractivity contribution in [3.63, 3.8) is 0 Å². The minimum atomic E-state index is -0.782. The van der Waals surface area contributed by atoms with Gasteiger partial charge in [-0.25, -0.2) is 4.79 Å². The molecule has 0 N–H and O–H groups in total. The van der Waals surface area contributed by atoms with Gasteiger partial charge in [-0.15, -0.1) is 0 Å². The van der Waals surface area contributed by atoms with Gasteiger partial charge in [-0.05, 0) is 18.9 Å². The molecule has 0 heterocycles. The Morgan fingerprint density at radius 1 is 1.70 bits per heavy atom. The lowest BCUT2D eigenvalue weighted by atomic mass is 10.2. The lowest BCUT2D eigenvalue weighted by Gasteiger charge is -1.95. The Kier molecular flexibility index (Phi) is 5.03. The Labute approximate surface area is 65.8 Å². The number of rotatable bonds is 3. The number of allylic oxidation sites excluding steroid dienone is 1. The van der Waals surface area contributed by atoms with Gasteiger partial charge in [0.1, 0.15) is 0 Å². The molecule has 0 fully saturated rings. The van der Waals surface area contributed by atoms with E-state index in [1.165, 1.54) is 6.26 Å². The third-order valence-corrected chi connectivity index (χ3v) is 1.09. The van der Waals surface area contributed by atoms with Gasteiger partial charge >= 0.3 is 5.43 Å². The largest absolute Gasteiger partial charge is 0.423 e. The average Bonchev–Trinajstić information content (AvgIpc) is 1.85. The van der Waals surface area contributed by atoms with Crippen LogP contribution in [0.4, 0.5) is 4.79 Å². The van der Waals surface area contributed by atoms with E-state index in [4.69, 9.17) is 11.6 Å². The van der Waals surface area contributed by atoms with Gasteiger partial charge in [-0.3, -0.25) is 0 Å². The maximum atomic E-state index is 10.1. The molecule has 0 aliphatic heterocycles. The van der Waals surface area contributed by atoms with Crippen LogP contribution in [0.3, 0.4) is 0 Å². The van der Waals surface area contributed by atoms with E-state index in [0.717, 1.165) is 18.4 Å². The second kappa shape index (κ2) is 5.30. The van der Waals surface area contributed by atoms with Crippen molar-refractivity contribution in [2.75, 3.05) is 0 Å². The summed E-state index contributed by atoms with van der Waals surface area (Å²) in [6.45, 7) is 3.95. The monoisotopic (exact) mass is 162 g/mol. The predicted octanol–water partition coefficient (Wildman–Crippen LogP) is 3.07. The lowest BCUT2D eigenvalue weighted by Crippen LogP contribution is -1.85. The molecule has 0 unspecified atom stereocenters. The smallest absolute Gasteiger partial charge is 0.408 e. The third-order valence-electron chi connectivity index (χ3n) is 0.997. The Balaban J connectivity index is 3.57. The summed E-state index contributed by atoms with van der Waals surface area (Å²) in [5, 5.41) is 0. The van der Waals surface area contributed by atoms with E-state index in [-0.39, 0.29) is 0 Å². The Bertz CT molecular complexity index is 141. The summed E-state index contributed by atoms with van der Waals surface area (Å²) in [6, 6.07) is 0. The molecule has 0 amide bonds. The Morgan fingerprint density at radius 3 is 2.70 bits per heavy atom. The molecule has 0 spiro atoms. The lowest BCUT2D eigenvalue weighted by molar-refractivity contribution is 0.211. The van der Waals surface area contributed by atoms with Crippen molar-refractivity contribution in [3.05, 3.63) is 11.8 Å². The normalized spacial score (nSPS) is 11.3. The molecule has 0 aliphatic rings. The van der Waals surface area contributed by atoms with Gasteiger partial charge in [-0.2, -0.15) is 0 Å². The summed E-state index contributed by atoms with van der Waals surface area (Å²) < 4.78 is 4.42. The van der Waals surface area contributed by atoms with Crippen LogP contribution in [0.25, 0.3) is 0 Å². The zero-order valence-corrected chi connectivity index (χ0v) is 6.94. The molecule has 2 nitrogen and oxygen atoms in total. The van der Waals surface area contributed by atoms with Gasteiger partial charge < -0.3 is 4.74 Å². The molecule has 0 bridgehead atoms. The summed E-state index contributed by atoms with van der Waals surface area (Å²) in [4.78, 5) is 10.1. The van der Waals surface area contributed by atoms with Gasteiger partial charge in [0.05, 0.1) is 6.26 Å². The van der Waals surface area contributed by atoms with E-state index in [0.29, 0.717) is 0 Å². The molecular weight excluding hydrogens is 152 g/mol. The number of hydrogen-bond acceptors (Lipinski definition) is 2. The third kappa shape index (κ3) is 5.63. The van der Waals surface area contributed by atoms with Crippen LogP contribution in [0, 0.1) is 0 Å². The van der Waals surface area contributed by atoms with E-state index in [9.17, 15) is 4.79 Å². The Morgan fingerprint density at radius 2 is 2.30 bits per heavy atom. The molecule has 10 heavy (non-hydrogen) atoms. The zero-order valence-electron chi connectivity index (χ0n) is 6.19. The molecule has 0 rings (SSSR count). The first-order valence-corrected chi connectivity index (χ1v) is 3.56. The van der Waals surface area contributed by atoms with Gasteiger partial charge in [0.2, 0.25) is 0 Å². The van der Waals surface area contributed by atoms with E-state index >= 15 is 0 Å². The maximum absolute atomic E-state index is 10.1. The predicted molar refractivity (Wildman–Crippen MR) is 41.0 cm³/mol. The molecule has 0 saturated carbocycles. The van der Waals surface area contributed by atoms with Gasteiger partial charge in [0.15, 0.2) is 0 Å². The fraction of sp³-hybridized carbons (Fsp3) is 0.571. The van der Waals surface area contributed by atoms with Crippen molar-refractivity contribution in [3.8, 4) is 0 Å². The first-order valence-electron chi connectivity index (χ1n) is 3.18. The SMILES string of the molecule is CCCC(C)=COC(=O)Cl. The van der Waals surface area contributed by atoms with Crippen LogP contribution in [0.2, 0.25) is 0 Å². The van der Waals surface area contributed by atoms with Crippen molar-refractivity contribution >= 4 is 17.0 Å². The first kappa shape index (κ1) is 9.50. The summed E-state index contributed by atoms with van der Waals surface area (Å²) in [5.74, 6) is 0. The number of hydrogen-bond donors (Lipinski definition) is 0. The van der Waals surface area contributed by atoms with Crippen molar-refractivity contribution in [2.45, 2.75) is 26.7 Å². The summed E-state index contributed by atoms with van der Waals surface area (Å²) >= 11 is 4.92. The summed E-state index contributed by atoms with van der Waals surface area (Å²) in [7, 11) is 0. The number of carbonyl (C=O) groups excluding carboxylic acids is 1. The van der Waals surface area contributed by atoms with E-state index in [2.05, 4.69) is 11.7 Å². The molecule has 0 aromatic carbocycles. The highest BCUT2D eigenvalue weighted by atomic mass is 35.5. The molecule has 0 aliphatic carbocycles. The van der Waals surface area contributed by atoms with Crippen LogP contribution in [-0.2, 0) is 4.74 Å². The molecule has 0 saturated heterocycles. The van der Waals surface area contributed by atoms with Crippen molar-refractivity contribution < 1.29 is 9.53 Å². The highest BCUT2D eigenvalue weighted by Crippen LogP contribution is 2.03. The zero-order chi connectivity index (χ0) is 7.98. The van der Waals surface area contributed by atoms with Crippen molar-refractivity contribution in [2.24, 2.45) is 0 Å². The summed E-state index contributed by atoms with van der Waals surface area (Å²) in [6.07, 6.45) is 3.37. The second-order valence-corrected chi connectivity index (χ2v) is 2.38. The Hall–Kier alpha value is -0.500. The van der Waals surface area contributed by atoms with E-state index < -0.39 is 5.43 Å². The highest BCUT2D eigenvalue weighted by Gasteiger charge is 1.91. The number of ether oxygens (including phenoxy) is 1. The van der Waals surface area contributed by atoms with Crippen molar-refractivity contribution in [1.29, 1.82) is 0 Å². The second-order valence-electron chi connectivity index (χ2n) is 2.07. The molecule has 0 aromatic rings. The van der Waals surface area contributed by atoms with Crippen LogP contribution in [0.15, 0.2) is 11.8 Å². The number of halogens is 1. The maximum Gasteiger partial charge on any atom is 0.408 e. The number of carbonyl (C=O) groups is 1. The molecule has 0 radical (unpaired) electrons. The summed E-state index contributed by atoms with van der Waals surface area (Å²) in [5.41, 5.74) is 0.243. The van der Waals surface area contributed by atoms with Crippen LogP contribution < -0.4 is 0 Å². The first-order chi connectivity index (χ1) is 4.66. The van der Waals surface area contributed by atoms with Crippen LogP contribution in [0.1, 0.15) is 26.7 Å². The topological polar surface area (TPSA) is 26.3 Å².